The summed E-state index contributed by atoms with van der Waals surface area (Å²) >= 11 is 0. The number of fused-ring (bicyclic) bond motifs is 14. The second-order valence-corrected chi connectivity index (χ2v) is 12.1. The van der Waals surface area contributed by atoms with Gasteiger partial charge in [0.2, 0.25) is 0 Å². The molecule has 0 atom stereocenters. The van der Waals surface area contributed by atoms with Gasteiger partial charge in [0.1, 0.15) is 22.7 Å². The molecule has 0 radical (unpaired) electrons. The minimum atomic E-state index is -0.194. The number of hydrogen-bond donors (Lipinski definition) is 0. The van der Waals surface area contributed by atoms with Crippen molar-refractivity contribution in [2.45, 2.75) is 38.5 Å². The first-order valence-corrected chi connectivity index (χ1v) is 13.4. The van der Waals surface area contributed by atoms with E-state index in [-0.39, 0.29) is 10.8 Å². The quantitative estimate of drug-likeness (QED) is 0.211. The Balaban J connectivity index is 1.36. The molecule has 38 heavy (non-hydrogen) atoms. The van der Waals surface area contributed by atoms with Gasteiger partial charge in [0.25, 0.3) is 0 Å². The minimum Gasteiger partial charge on any atom is -0.456 e. The van der Waals surface area contributed by atoms with Crippen LogP contribution in [0.5, 0.6) is 0 Å². The van der Waals surface area contributed by atoms with Crippen molar-refractivity contribution in [1.82, 2.24) is 0 Å². The zero-order valence-corrected chi connectivity index (χ0v) is 21.9. The minimum absolute atomic E-state index is 0.194. The van der Waals surface area contributed by atoms with E-state index < -0.39 is 0 Å². The van der Waals surface area contributed by atoms with E-state index in [1.54, 1.807) is 0 Å². The van der Waals surface area contributed by atoms with E-state index in [1.807, 2.05) is 0 Å². The highest BCUT2D eigenvalue weighted by Crippen LogP contribution is 2.60. The lowest BCUT2D eigenvalue weighted by molar-refractivity contribution is 0.617. The van der Waals surface area contributed by atoms with Gasteiger partial charge in [-0.2, -0.15) is 0 Å². The van der Waals surface area contributed by atoms with Crippen LogP contribution in [-0.2, 0) is 10.8 Å². The molecule has 9 rings (SSSR count). The first-order chi connectivity index (χ1) is 18.4. The third-order valence-corrected chi connectivity index (χ3v) is 9.40. The van der Waals surface area contributed by atoms with Crippen LogP contribution in [0.2, 0.25) is 0 Å². The second kappa shape index (κ2) is 6.39. The van der Waals surface area contributed by atoms with E-state index in [1.165, 1.54) is 65.7 Å². The molecule has 2 aromatic heterocycles. The molecule has 0 saturated carbocycles. The van der Waals surface area contributed by atoms with Gasteiger partial charge in [-0.05, 0) is 56.9 Å². The van der Waals surface area contributed by atoms with Gasteiger partial charge >= 0.3 is 0 Å². The Labute approximate surface area is 220 Å². The molecule has 0 unspecified atom stereocenters. The predicted molar refractivity (Wildman–Crippen MR) is 156 cm³/mol. The van der Waals surface area contributed by atoms with Gasteiger partial charge in [0.15, 0.2) is 0 Å². The van der Waals surface area contributed by atoms with Crippen LogP contribution in [-0.4, -0.2) is 0 Å². The van der Waals surface area contributed by atoms with Crippen LogP contribution in [0.25, 0.3) is 66.1 Å². The summed E-state index contributed by atoms with van der Waals surface area (Å²) in [6.45, 7) is 9.36. The van der Waals surface area contributed by atoms with Gasteiger partial charge in [0, 0.05) is 43.9 Å². The topological polar surface area (TPSA) is 26.3 Å². The van der Waals surface area contributed by atoms with Crippen LogP contribution in [0, 0.1) is 0 Å². The molecule has 0 fully saturated rings. The molecule has 0 spiro atoms. The van der Waals surface area contributed by atoms with Crippen LogP contribution in [0.1, 0.15) is 49.9 Å². The van der Waals surface area contributed by atoms with Crippen LogP contribution in [0.15, 0.2) is 93.8 Å². The second-order valence-electron chi connectivity index (χ2n) is 12.1. The zero-order valence-electron chi connectivity index (χ0n) is 21.9. The number of rotatable bonds is 0. The lowest BCUT2D eigenvalue weighted by atomic mass is 9.78. The van der Waals surface area contributed by atoms with Crippen molar-refractivity contribution in [2.24, 2.45) is 0 Å². The molecule has 2 heterocycles. The van der Waals surface area contributed by atoms with Gasteiger partial charge < -0.3 is 8.83 Å². The van der Waals surface area contributed by atoms with Crippen molar-refractivity contribution >= 4 is 43.5 Å². The van der Waals surface area contributed by atoms with Gasteiger partial charge in [-0.3, -0.25) is 0 Å². The van der Waals surface area contributed by atoms with E-state index >= 15 is 0 Å². The molecular weight excluding hydrogens is 464 g/mol. The maximum atomic E-state index is 6.67. The number of hydrogen-bond acceptors (Lipinski definition) is 2. The smallest absolute Gasteiger partial charge is 0.139 e. The molecule has 0 saturated heterocycles. The fraction of sp³-hybridized carbons (Fsp3) is 0.167. The van der Waals surface area contributed by atoms with Gasteiger partial charge in [-0.15, -0.1) is 0 Å². The molecule has 5 aromatic carbocycles. The Kier molecular flexibility index (Phi) is 3.49. The van der Waals surface area contributed by atoms with E-state index in [0.29, 0.717) is 0 Å². The van der Waals surface area contributed by atoms with Crippen molar-refractivity contribution in [3.05, 3.63) is 107 Å². The monoisotopic (exact) mass is 490 g/mol. The van der Waals surface area contributed by atoms with Crippen molar-refractivity contribution < 1.29 is 8.83 Å². The van der Waals surface area contributed by atoms with Crippen LogP contribution in [0.3, 0.4) is 0 Å². The molecule has 0 aliphatic heterocycles. The number of benzene rings is 5. The third kappa shape index (κ3) is 2.23. The lowest BCUT2D eigenvalue weighted by Gasteiger charge is -2.24. The van der Waals surface area contributed by atoms with Gasteiger partial charge in [0.05, 0.1) is 0 Å². The first-order valence-electron chi connectivity index (χ1n) is 13.4. The fourth-order valence-electron chi connectivity index (χ4n) is 7.59. The average molecular weight is 491 g/mol. The van der Waals surface area contributed by atoms with E-state index in [9.17, 15) is 0 Å². The Morgan fingerprint density at radius 3 is 1.37 bits per heavy atom. The highest BCUT2D eigenvalue weighted by molar-refractivity contribution is 6.13. The Hall–Kier alpha value is -4.30. The zero-order chi connectivity index (χ0) is 25.6. The Morgan fingerprint density at radius 2 is 0.921 bits per heavy atom. The molecule has 2 heteroatoms. The molecule has 7 aromatic rings. The molecule has 0 N–H and O–H groups in total. The lowest BCUT2D eigenvalue weighted by Crippen LogP contribution is -2.17. The van der Waals surface area contributed by atoms with Crippen molar-refractivity contribution in [3.8, 4) is 22.6 Å². The average Bonchev–Trinajstić information content (AvgIpc) is 3.62. The van der Waals surface area contributed by atoms with Crippen molar-refractivity contribution in [2.75, 3.05) is 0 Å². The van der Waals surface area contributed by atoms with E-state index in [4.69, 9.17) is 8.83 Å². The summed E-state index contributed by atoms with van der Waals surface area (Å²) in [5, 5.41) is 7.51. The predicted octanol–water partition coefficient (Wildman–Crippen LogP) is 10.1. The van der Waals surface area contributed by atoms with Gasteiger partial charge in [-0.1, -0.05) is 88.4 Å². The Morgan fingerprint density at radius 1 is 0.500 bits per heavy atom. The van der Waals surface area contributed by atoms with E-state index in [2.05, 4.69) is 113 Å². The number of furan rings is 2. The van der Waals surface area contributed by atoms with Crippen molar-refractivity contribution in [1.29, 1.82) is 0 Å². The van der Waals surface area contributed by atoms with Crippen molar-refractivity contribution in [3.63, 3.8) is 0 Å². The molecule has 2 aliphatic rings. The SMILES string of the molecule is CC1(C)c2cc3c(cc2-c2oc4ccc5ccccc5c4c21)C(C)(C)c1c-3oc2ccc3ccccc3c12. The molecule has 0 bridgehead atoms. The fourth-order valence-corrected chi connectivity index (χ4v) is 7.59. The maximum absolute atomic E-state index is 6.67. The molecule has 182 valence electrons. The van der Waals surface area contributed by atoms with Gasteiger partial charge in [-0.25, -0.2) is 0 Å². The summed E-state index contributed by atoms with van der Waals surface area (Å²) < 4.78 is 13.3. The largest absolute Gasteiger partial charge is 0.456 e. The van der Waals surface area contributed by atoms with Crippen LogP contribution in [0.4, 0.5) is 0 Å². The highest BCUT2D eigenvalue weighted by atomic mass is 16.3. The maximum Gasteiger partial charge on any atom is 0.139 e. The normalized spacial score (nSPS) is 16.3. The first kappa shape index (κ1) is 20.7. The molecule has 2 aliphatic carbocycles. The Bertz CT molecular complexity index is 2020. The molecular formula is C36H26O2. The third-order valence-electron chi connectivity index (χ3n) is 9.40. The summed E-state index contributed by atoms with van der Waals surface area (Å²) in [6, 6.07) is 30.7. The molecule has 0 amide bonds. The summed E-state index contributed by atoms with van der Waals surface area (Å²) in [5.74, 6) is 2.04. The summed E-state index contributed by atoms with van der Waals surface area (Å²) in [5.41, 5.74) is 9.22. The van der Waals surface area contributed by atoms with E-state index in [0.717, 1.165) is 22.7 Å². The molecule has 2 nitrogen and oxygen atoms in total. The van der Waals surface area contributed by atoms with Crippen LogP contribution >= 0.6 is 0 Å². The summed E-state index contributed by atoms with van der Waals surface area (Å²) in [4.78, 5) is 0. The summed E-state index contributed by atoms with van der Waals surface area (Å²) in [6.07, 6.45) is 0. The van der Waals surface area contributed by atoms with Crippen LogP contribution < -0.4 is 0 Å². The highest BCUT2D eigenvalue weighted by Gasteiger charge is 2.46. The standard InChI is InChI=1S/C36H26O2/c1-35(2)25-17-24-26(18-23(25)33-31(35)29-21-11-7-5-9-19(21)13-15-27(29)37-33)36(3,4)32-30-22-12-8-6-10-20(22)14-16-28(30)38-34(24)32/h5-18H,1-4H3. The summed E-state index contributed by atoms with van der Waals surface area (Å²) in [7, 11) is 0.